The van der Waals surface area contributed by atoms with Gasteiger partial charge in [-0.2, -0.15) is 0 Å². The molecule has 1 saturated heterocycles. The first-order valence-corrected chi connectivity index (χ1v) is 7.45. The highest BCUT2D eigenvalue weighted by molar-refractivity contribution is 5.39. The molecular formula is C16H24N2O. The maximum Gasteiger partial charge on any atom is 0.122 e. The number of hydrogen-bond acceptors (Lipinski definition) is 3. The fourth-order valence-corrected chi connectivity index (χ4v) is 3.14. The second-order valence-electron chi connectivity index (χ2n) is 6.02. The summed E-state index contributed by atoms with van der Waals surface area (Å²) in [4.78, 5) is 2.55. The van der Waals surface area contributed by atoms with E-state index in [0.717, 1.165) is 51.3 Å². The number of likely N-dealkylation sites (tertiary alicyclic amines) is 1. The highest BCUT2D eigenvalue weighted by atomic mass is 16.5. The van der Waals surface area contributed by atoms with Crippen LogP contribution in [0.4, 0.5) is 0 Å². The second kappa shape index (κ2) is 5.51. The summed E-state index contributed by atoms with van der Waals surface area (Å²) in [5.41, 5.74) is 8.89. The largest absolute Gasteiger partial charge is 0.493 e. The number of hydrogen-bond donors (Lipinski definition) is 1. The van der Waals surface area contributed by atoms with Crippen LogP contribution in [0.15, 0.2) is 18.2 Å². The standard InChI is InChI=1S/C16H24N2O/c1-12-11-18(8-5-15(12)17)7-4-13-2-3-16-14(10-13)6-9-19-16/h2-3,10,12,15H,4-9,11,17H2,1H3. The first kappa shape index (κ1) is 12.9. The molecule has 3 nitrogen and oxygen atoms in total. The van der Waals surface area contributed by atoms with Crippen LogP contribution in [0.1, 0.15) is 24.5 Å². The van der Waals surface area contributed by atoms with Crippen molar-refractivity contribution in [2.45, 2.75) is 32.2 Å². The van der Waals surface area contributed by atoms with Crippen molar-refractivity contribution in [3.05, 3.63) is 29.3 Å². The lowest BCUT2D eigenvalue weighted by Crippen LogP contribution is -2.46. The van der Waals surface area contributed by atoms with Gasteiger partial charge in [0.25, 0.3) is 0 Å². The Morgan fingerprint density at radius 3 is 3.16 bits per heavy atom. The van der Waals surface area contributed by atoms with Gasteiger partial charge >= 0.3 is 0 Å². The van der Waals surface area contributed by atoms with Crippen molar-refractivity contribution in [1.82, 2.24) is 4.90 Å². The number of nitrogens with two attached hydrogens (primary N) is 1. The van der Waals surface area contributed by atoms with Crippen LogP contribution in [0, 0.1) is 5.92 Å². The van der Waals surface area contributed by atoms with Crippen LogP contribution in [0.25, 0.3) is 0 Å². The molecule has 2 unspecified atom stereocenters. The molecule has 0 aliphatic carbocycles. The lowest BCUT2D eigenvalue weighted by atomic mass is 9.94. The average molecular weight is 260 g/mol. The van der Waals surface area contributed by atoms with E-state index in [9.17, 15) is 0 Å². The summed E-state index contributed by atoms with van der Waals surface area (Å²) in [7, 11) is 0. The summed E-state index contributed by atoms with van der Waals surface area (Å²) >= 11 is 0. The normalized spacial score (nSPS) is 27.1. The van der Waals surface area contributed by atoms with Crippen LogP contribution in [0.2, 0.25) is 0 Å². The summed E-state index contributed by atoms with van der Waals surface area (Å²) < 4.78 is 5.55. The highest BCUT2D eigenvalue weighted by Crippen LogP contribution is 2.26. The fourth-order valence-electron chi connectivity index (χ4n) is 3.14. The lowest BCUT2D eigenvalue weighted by Gasteiger charge is -2.35. The van der Waals surface area contributed by atoms with Gasteiger partial charge in [0, 0.05) is 25.6 Å². The minimum Gasteiger partial charge on any atom is -0.493 e. The molecule has 0 radical (unpaired) electrons. The molecule has 1 fully saturated rings. The summed E-state index contributed by atoms with van der Waals surface area (Å²) in [5, 5.41) is 0. The summed E-state index contributed by atoms with van der Waals surface area (Å²) in [5.74, 6) is 1.71. The lowest BCUT2D eigenvalue weighted by molar-refractivity contribution is 0.166. The van der Waals surface area contributed by atoms with Gasteiger partial charge in [-0.3, -0.25) is 0 Å². The zero-order valence-electron chi connectivity index (χ0n) is 11.8. The van der Waals surface area contributed by atoms with E-state index in [4.69, 9.17) is 10.5 Å². The third kappa shape index (κ3) is 2.93. The molecule has 2 aliphatic rings. The summed E-state index contributed by atoms with van der Waals surface area (Å²) in [6.07, 6.45) is 3.34. The molecule has 2 heterocycles. The Hall–Kier alpha value is -1.06. The topological polar surface area (TPSA) is 38.5 Å². The molecular weight excluding hydrogens is 236 g/mol. The molecule has 1 aromatic rings. The minimum atomic E-state index is 0.397. The second-order valence-corrected chi connectivity index (χ2v) is 6.02. The van der Waals surface area contributed by atoms with Crippen LogP contribution in [-0.2, 0) is 12.8 Å². The van der Waals surface area contributed by atoms with E-state index in [-0.39, 0.29) is 0 Å². The Balaban J connectivity index is 1.55. The van der Waals surface area contributed by atoms with Gasteiger partial charge in [0.1, 0.15) is 5.75 Å². The molecule has 1 aromatic carbocycles. The third-order valence-corrected chi connectivity index (χ3v) is 4.53. The SMILES string of the molecule is CC1CN(CCc2ccc3c(c2)CCO3)CCC1N. The number of piperidine rings is 1. The maximum absolute atomic E-state index is 6.07. The molecule has 0 bridgehead atoms. The Morgan fingerprint density at radius 1 is 1.42 bits per heavy atom. The first-order valence-electron chi connectivity index (χ1n) is 7.45. The fraction of sp³-hybridized carbons (Fsp3) is 0.625. The molecule has 2 aliphatic heterocycles. The monoisotopic (exact) mass is 260 g/mol. The molecule has 2 N–H and O–H groups in total. The zero-order chi connectivity index (χ0) is 13.2. The van der Waals surface area contributed by atoms with Crippen molar-refractivity contribution in [2.24, 2.45) is 11.7 Å². The van der Waals surface area contributed by atoms with E-state index in [1.54, 1.807) is 0 Å². The molecule has 3 heteroatoms. The quantitative estimate of drug-likeness (QED) is 0.901. The van der Waals surface area contributed by atoms with E-state index >= 15 is 0 Å². The van der Waals surface area contributed by atoms with Crippen molar-refractivity contribution >= 4 is 0 Å². The summed E-state index contributed by atoms with van der Waals surface area (Å²) in [6, 6.07) is 7.06. The maximum atomic E-state index is 6.07. The molecule has 0 aromatic heterocycles. The molecule has 0 saturated carbocycles. The number of nitrogens with zero attached hydrogens (tertiary/aromatic N) is 1. The van der Waals surface area contributed by atoms with Gasteiger partial charge in [-0.1, -0.05) is 19.1 Å². The Morgan fingerprint density at radius 2 is 2.32 bits per heavy atom. The van der Waals surface area contributed by atoms with E-state index < -0.39 is 0 Å². The van der Waals surface area contributed by atoms with Crippen LogP contribution >= 0.6 is 0 Å². The molecule has 0 spiro atoms. The van der Waals surface area contributed by atoms with Crippen molar-refractivity contribution in [2.75, 3.05) is 26.2 Å². The highest BCUT2D eigenvalue weighted by Gasteiger charge is 2.22. The predicted octanol–water partition coefficient (Wildman–Crippen LogP) is 1.83. The number of rotatable bonds is 3. The van der Waals surface area contributed by atoms with Crippen molar-refractivity contribution < 1.29 is 4.74 Å². The van der Waals surface area contributed by atoms with Crippen LogP contribution in [0.3, 0.4) is 0 Å². The van der Waals surface area contributed by atoms with Crippen molar-refractivity contribution in [3.8, 4) is 5.75 Å². The first-order chi connectivity index (χ1) is 9.22. The molecule has 19 heavy (non-hydrogen) atoms. The Kier molecular flexibility index (Phi) is 3.76. The summed E-state index contributed by atoms with van der Waals surface area (Å²) in [6.45, 7) is 6.56. The Labute approximate surface area is 115 Å². The van der Waals surface area contributed by atoms with Gasteiger partial charge < -0.3 is 15.4 Å². The van der Waals surface area contributed by atoms with Crippen LogP contribution in [0.5, 0.6) is 5.75 Å². The number of benzene rings is 1. The molecule has 2 atom stereocenters. The minimum absolute atomic E-state index is 0.397. The smallest absolute Gasteiger partial charge is 0.122 e. The van der Waals surface area contributed by atoms with E-state index in [2.05, 4.69) is 30.0 Å². The van der Waals surface area contributed by atoms with Gasteiger partial charge in [0.2, 0.25) is 0 Å². The predicted molar refractivity (Wildman–Crippen MR) is 77.5 cm³/mol. The molecule has 3 rings (SSSR count). The van der Waals surface area contributed by atoms with Crippen LogP contribution in [-0.4, -0.2) is 37.2 Å². The van der Waals surface area contributed by atoms with Crippen LogP contribution < -0.4 is 10.5 Å². The molecule has 0 amide bonds. The third-order valence-electron chi connectivity index (χ3n) is 4.53. The zero-order valence-corrected chi connectivity index (χ0v) is 11.8. The van der Waals surface area contributed by atoms with Gasteiger partial charge in [0.05, 0.1) is 6.61 Å². The van der Waals surface area contributed by atoms with E-state index in [1.165, 1.54) is 11.1 Å². The van der Waals surface area contributed by atoms with Gasteiger partial charge in [-0.05, 0) is 42.5 Å². The molecule has 104 valence electrons. The van der Waals surface area contributed by atoms with Gasteiger partial charge in [-0.15, -0.1) is 0 Å². The van der Waals surface area contributed by atoms with Crippen molar-refractivity contribution in [1.29, 1.82) is 0 Å². The van der Waals surface area contributed by atoms with Crippen molar-refractivity contribution in [3.63, 3.8) is 0 Å². The van der Waals surface area contributed by atoms with Gasteiger partial charge in [0.15, 0.2) is 0 Å². The Bertz CT molecular complexity index is 446. The number of ether oxygens (including phenoxy) is 1. The average Bonchev–Trinajstić information content (AvgIpc) is 2.87. The van der Waals surface area contributed by atoms with Gasteiger partial charge in [-0.25, -0.2) is 0 Å². The number of fused-ring (bicyclic) bond motifs is 1. The van der Waals surface area contributed by atoms with E-state index in [1.807, 2.05) is 0 Å². The van der Waals surface area contributed by atoms with E-state index in [0.29, 0.717) is 12.0 Å².